The number of allylic oxidation sites excluding steroid dienone is 2. The first kappa shape index (κ1) is 13.8. The van der Waals surface area contributed by atoms with Crippen molar-refractivity contribution in [3.8, 4) is 0 Å². The summed E-state index contributed by atoms with van der Waals surface area (Å²) in [5.41, 5.74) is 1.89. The molecule has 1 aliphatic carbocycles. The molecule has 0 aliphatic heterocycles. The first-order chi connectivity index (χ1) is 10.2. The Bertz CT molecular complexity index is 690. The Kier molecular flexibility index (Phi) is 3.73. The maximum Gasteiger partial charge on any atom is 0.307 e. The number of aromatic nitrogens is 3. The third-order valence-corrected chi connectivity index (χ3v) is 4.11. The van der Waals surface area contributed by atoms with Crippen molar-refractivity contribution in [1.29, 1.82) is 0 Å². The number of imidazole rings is 1. The molecular weight excluding hydrogens is 266 g/mol. The van der Waals surface area contributed by atoms with E-state index in [-0.39, 0.29) is 5.92 Å². The molecule has 3 rings (SSSR count). The van der Waals surface area contributed by atoms with E-state index < -0.39 is 11.9 Å². The van der Waals surface area contributed by atoms with Gasteiger partial charge in [-0.2, -0.15) is 0 Å². The summed E-state index contributed by atoms with van der Waals surface area (Å²) < 4.78 is 2.16. The molecule has 0 spiro atoms. The predicted octanol–water partition coefficient (Wildman–Crippen LogP) is 2.98. The fourth-order valence-corrected chi connectivity index (χ4v) is 3.11. The lowest BCUT2D eigenvalue weighted by atomic mass is 9.82. The summed E-state index contributed by atoms with van der Waals surface area (Å²) in [5, 5.41) is 9.48. The molecule has 0 bridgehead atoms. The van der Waals surface area contributed by atoms with Crippen LogP contribution >= 0.6 is 0 Å². The van der Waals surface area contributed by atoms with Crippen LogP contribution in [0, 0.1) is 5.92 Å². The van der Waals surface area contributed by atoms with Gasteiger partial charge in [-0.3, -0.25) is 9.78 Å². The molecule has 0 fully saturated rings. The molecule has 1 aliphatic rings. The topological polar surface area (TPSA) is 68.0 Å². The van der Waals surface area contributed by atoms with Crippen molar-refractivity contribution in [3.63, 3.8) is 0 Å². The van der Waals surface area contributed by atoms with Crippen molar-refractivity contribution in [2.45, 2.75) is 38.6 Å². The summed E-state index contributed by atoms with van der Waals surface area (Å²) in [6, 6.07) is 1.95. The van der Waals surface area contributed by atoms with Gasteiger partial charge >= 0.3 is 5.97 Å². The van der Waals surface area contributed by atoms with Crippen LogP contribution in [0.15, 0.2) is 30.6 Å². The minimum Gasteiger partial charge on any atom is -0.481 e. The second kappa shape index (κ2) is 5.68. The van der Waals surface area contributed by atoms with Crippen LogP contribution in [0.4, 0.5) is 0 Å². The second-order valence-corrected chi connectivity index (χ2v) is 5.48. The first-order valence-electron chi connectivity index (χ1n) is 7.40. The summed E-state index contributed by atoms with van der Waals surface area (Å²) in [6.07, 6.45) is 9.84. The number of carbonyl (C=O) groups is 1. The number of carboxylic acid groups (broad SMARTS) is 1. The van der Waals surface area contributed by atoms with Gasteiger partial charge in [0.2, 0.25) is 0 Å². The molecule has 2 aromatic rings. The van der Waals surface area contributed by atoms with E-state index in [4.69, 9.17) is 4.98 Å². The molecule has 21 heavy (non-hydrogen) atoms. The minimum absolute atomic E-state index is 0.0635. The van der Waals surface area contributed by atoms with Gasteiger partial charge in [-0.15, -0.1) is 0 Å². The van der Waals surface area contributed by atoms with Crippen LogP contribution in [0.1, 0.15) is 37.9 Å². The SMILES string of the molecule is CCCn1c(C2CC=CCC2C(=O)O)nc2cnccc21. The van der Waals surface area contributed by atoms with E-state index in [2.05, 4.69) is 22.6 Å². The molecule has 2 aromatic heterocycles. The highest BCUT2D eigenvalue weighted by Gasteiger charge is 2.33. The minimum atomic E-state index is -0.738. The molecule has 110 valence electrons. The molecule has 0 saturated heterocycles. The molecule has 0 amide bonds. The molecule has 5 heteroatoms. The molecule has 2 heterocycles. The Morgan fingerprint density at radius 2 is 2.24 bits per heavy atom. The number of nitrogens with zero attached hydrogens (tertiary/aromatic N) is 3. The molecule has 2 atom stereocenters. The Morgan fingerprint density at radius 1 is 1.43 bits per heavy atom. The van der Waals surface area contributed by atoms with E-state index in [9.17, 15) is 9.90 Å². The zero-order valence-corrected chi connectivity index (χ0v) is 12.1. The molecule has 2 unspecified atom stereocenters. The van der Waals surface area contributed by atoms with E-state index in [1.165, 1.54) is 0 Å². The van der Waals surface area contributed by atoms with Crippen LogP contribution in [0.25, 0.3) is 11.0 Å². The van der Waals surface area contributed by atoms with E-state index in [1.54, 1.807) is 12.4 Å². The van der Waals surface area contributed by atoms with E-state index in [1.807, 2.05) is 12.1 Å². The highest BCUT2D eigenvalue weighted by Crippen LogP contribution is 2.35. The maximum atomic E-state index is 11.5. The number of pyridine rings is 1. The summed E-state index contributed by atoms with van der Waals surface area (Å²) in [4.78, 5) is 20.4. The van der Waals surface area contributed by atoms with Crippen LogP contribution in [0.5, 0.6) is 0 Å². The van der Waals surface area contributed by atoms with Crippen molar-refractivity contribution in [3.05, 3.63) is 36.4 Å². The largest absolute Gasteiger partial charge is 0.481 e. The number of hydrogen-bond donors (Lipinski definition) is 1. The fourth-order valence-electron chi connectivity index (χ4n) is 3.11. The van der Waals surface area contributed by atoms with Crippen molar-refractivity contribution < 1.29 is 9.90 Å². The summed E-state index contributed by atoms with van der Waals surface area (Å²) in [5.74, 6) is -0.309. The maximum absolute atomic E-state index is 11.5. The Labute approximate surface area is 123 Å². The van der Waals surface area contributed by atoms with Gasteiger partial charge in [0.15, 0.2) is 0 Å². The van der Waals surface area contributed by atoms with Gasteiger partial charge in [0.05, 0.1) is 17.6 Å². The third kappa shape index (κ3) is 2.44. The Hall–Kier alpha value is -2.17. The number of aliphatic carboxylic acids is 1. The zero-order valence-electron chi connectivity index (χ0n) is 12.1. The molecule has 1 N–H and O–H groups in total. The third-order valence-electron chi connectivity index (χ3n) is 4.11. The van der Waals surface area contributed by atoms with Crippen molar-refractivity contribution >= 4 is 17.0 Å². The molecular formula is C16H19N3O2. The number of aryl methyl sites for hydroxylation is 1. The van der Waals surface area contributed by atoms with Crippen molar-refractivity contribution in [1.82, 2.24) is 14.5 Å². The van der Waals surface area contributed by atoms with Gasteiger partial charge in [-0.25, -0.2) is 4.98 Å². The molecule has 0 radical (unpaired) electrons. The normalized spacial score (nSPS) is 21.8. The van der Waals surface area contributed by atoms with Gasteiger partial charge in [0, 0.05) is 18.7 Å². The number of carboxylic acids is 1. The van der Waals surface area contributed by atoms with Crippen LogP contribution in [0.3, 0.4) is 0 Å². The Balaban J connectivity index is 2.11. The quantitative estimate of drug-likeness (QED) is 0.877. The van der Waals surface area contributed by atoms with Crippen molar-refractivity contribution in [2.75, 3.05) is 0 Å². The lowest BCUT2D eigenvalue weighted by Crippen LogP contribution is -2.26. The van der Waals surface area contributed by atoms with Crippen LogP contribution < -0.4 is 0 Å². The number of rotatable bonds is 4. The van der Waals surface area contributed by atoms with Crippen LogP contribution in [-0.4, -0.2) is 25.6 Å². The summed E-state index contributed by atoms with van der Waals surface area (Å²) in [7, 11) is 0. The van der Waals surface area contributed by atoms with Gasteiger partial charge in [0.25, 0.3) is 0 Å². The highest BCUT2D eigenvalue weighted by molar-refractivity contribution is 5.76. The second-order valence-electron chi connectivity index (χ2n) is 5.48. The lowest BCUT2D eigenvalue weighted by Gasteiger charge is -2.25. The van der Waals surface area contributed by atoms with Crippen LogP contribution in [-0.2, 0) is 11.3 Å². The first-order valence-corrected chi connectivity index (χ1v) is 7.40. The van der Waals surface area contributed by atoms with E-state index in [0.29, 0.717) is 6.42 Å². The number of fused-ring (bicyclic) bond motifs is 1. The standard InChI is InChI=1S/C16H19N3O2/c1-2-9-19-14-7-8-17-10-13(14)18-15(19)11-5-3-4-6-12(11)16(20)21/h3-4,7-8,10-12H,2,5-6,9H2,1H3,(H,20,21). The average Bonchev–Trinajstić information content (AvgIpc) is 2.86. The summed E-state index contributed by atoms with van der Waals surface area (Å²) >= 11 is 0. The fraction of sp³-hybridized carbons (Fsp3) is 0.438. The predicted molar refractivity (Wildman–Crippen MR) is 80.1 cm³/mol. The van der Waals surface area contributed by atoms with E-state index in [0.717, 1.165) is 36.2 Å². The Morgan fingerprint density at radius 3 is 3.00 bits per heavy atom. The lowest BCUT2D eigenvalue weighted by molar-refractivity contribution is -0.142. The molecule has 5 nitrogen and oxygen atoms in total. The summed E-state index contributed by atoms with van der Waals surface area (Å²) in [6.45, 7) is 2.97. The molecule has 0 aromatic carbocycles. The average molecular weight is 285 g/mol. The van der Waals surface area contributed by atoms with E-state index >= 15 is 0 Å². The number of hydrogen-bond acceptors (Lipinski definition) is 3. The zero-order chi connectivity index (χ0) is 14.8. The van der Waals surface area contributed by atoms with Crippen molar-refractivity contribution in [2.24, 2.45) is 5.92 Å². The molecule has 0 saturated carbocycles. The van der Waals surface area contributed by atoms with Crippen LogP contribution in [0.2, 0.25) is 0 Å². The highest BCUT2D eigenvalue weighted by atomic mass is 16.4. The van der Waals surface area contributed by atoms with Gasteiger partial charge < -0.3 is 9.67 Å². The van der Waals surface area contributed by atoms with Gasteiger partial charge in [-0.1, -0.05) is 19.1 Å². The smallest absolute Gasteiger partial charge is 0.307 e. The monoisotopic (exact) mass is 285 g/mol. The van der Waals surface area contributed by atoms with Gasteiger partial charge in [-0.05, 0) is 25.3 Å². The van der Waals surface area contributed by atoms with Gasteiger partial charge in [0.1, 0.15) is 11.3 Å².